The van der Waals surface area contributed by atoms with Crippen molar-refractivity contribution in [3.8, 4) is 0 Å². The summed E-state index contributed by atoms with van der Waals surface area (Å²) in [4.78, 5) is 11.5. The summed E-state index contributed by atoms with van der Waals surface area (Å²) in [6.45, 7) is 1.43. The lowest BCUT2D eigenvalue weighted by Gasteiger charge is -2.14. The van der Waals surface area contributed by atoms with E-state index in [1.807, 2.05) is 36.4 Å². The highest BCUT2D eigenvalue weighted by atomic mass is 19.3. The number of alkyl halides is 2. The number of carbonyl (C=O) groups excluding carboxylic acids is 1. The van der Waals surface area contributed by atoms with Gasteiger partial charge < -0.3 is 4.74 Å². The van der Waals surface area contributed by atoms with E-state index >= 15 is 0 Å². The van der Waals surface area contributed by atoms with E-state index in [4.69, 9.17) is 0 Å². The molecule has 0 aliphatic carbocycles. The number of esters is 1. The fourth-order valence-corrected chi connectivity index (χ4v) is 2.38. The summed E-state index contributed by atoms with van der Waals surface area (Å²) in [5.74, 6) is -5.16. The minimum absolute atomic E-state index is 0.0764. The van der Waals surface area contributed by atoms with Crippen molar-refractivity contribution in [1.29, 1.82) is 0 Å². The second-order valence-electron chi connectivity index (χ2n) is 5.36. The van der Waals surface area contributed by atoms with Crippen LogP contribution in [-0.2, 0) is 16.0 Å². The van der Waals surface area contributed by atoms with Crippen LogP contribution in [-0.4, -0.2) is 18.5 Å². The van der Waals surface area contributed by atoms with Crippen molar-refractivity contribution >= 4 is 11.5 Å². The molecule has 0 heterocycles. The first-order chi connectivity index (χ1) is 11.5. The monoisotopic (exact) mass is 330 g/mol. The highest BCUT2D eigenvalue weighted by Gasteiger charge is 2.38. The van der Waals surface area contributed by atoms with Gasteiger partial charge >= 0.3 is 11.9 Å². The van der Waals surface area contributed by atoms with Gasteiger partial charge in [0.2, 0.25) is 0 Å². The maximum atomic E-state index is 14.1. The zero-order valence-electron chi connectivity index (χ0n) is 13.5. The van der Waals surface area contributed by atoms with Gasteiger partial charge in [-0.1, -0.05) is 60.7 Å². The average molecular weight is 330 g/mol. The van der Waals surface area contributed by atoms with Crippen LogP contribution in [0.4, 0.5) is 8.78 Å². The predicted octanol–water partition coefficient (Wildman–Crippen LogP) is 4.90. The summed E-state index contributed by atoms with van der Waals surface area (Å²) in [5.41, 5.74) is 2.16. The maximum Gasteiger partial charge on any atom is 0.381 e. The van der Waals surface area contributed by atoms with E-state index in [0.29, 0.717) is 24.0 Å². The Kier molecular flexibility index (Phi) is 6.24. The Morgan fingerprint density at radius 2 is 1.62 bits per heavy atom. The number of rotatable bonds is 7. The molecular weight excluding hydrogens is 310 g/mol. The smallest absolute Gasteiger partial charge is 0.381 e. The van der Waals surface area contributed by atoms with Gasteiger partial charge in [-0.2, -0.15) is 8.78 Å². The SMILES string of the molecule is CCOC(=O)C(F)(F)/C=C(\CCc1ccccc1)c1ccccc1. The van der Waals surface area contributed by atoms with E-state index in [9.17, 15) is 13.6 Å². The van der Waals surface area contributed by atoms with Crippen LogP contribution >= 0.6 is 0 Å². The highest BCUT2D eigenvalue weighted by molar-refractivity contribution is 5.83. The van der Waals surface area contributed by atoms with Crippen molar-refractivity contribution in [2.75, 3.05) is 6.61 Å². The van der Waals surface area contributed by atoms with E-state index in [2.05, 4.69) is 4.74 Å². The molecule has 0 bridgehead atoms. The second kappa shape index (κ2) is 8.39. The molecule has 0 amide bonds. The van der Waals surface area contributed by atoms with Crippen molar-refractivity contribution in [3.63, 3.8) is 0 Å². The number of benzene rings is 2. The normalized spacial score (nSPS) is 12.0. The van der Waals surface area contributed by atoms with Gasteiger partial charge in [0.15, 0.2) is 0 Å². The summed E-state index contributed by atoms with van der Waals surface area (Å²) in [6.07, 6.45) is 1.74. The van der Waals surface area contributed by atoms with E-state index < -0.39 is 11.9 Å². The molecule has 0 fully saturated rings. The number of allylic oxidation sites excluding steroid dienone is 1. The first-order valence-electron chi connectivity index (χ1n) is 7.89. The molecule has 0 N–H and O–H groups in total. The molecule has 0 radical (unpaired) electrons. The third-order valence-corrected chi connectivity index (χ3v) is 3.57. The van der Waals surface area contributed by atoms with Gasteiger partial charge in [-0.15, -0.1) is 0 Å². The number of hydrogen-bond acceptors (Lipinski definition) is 2. The fourth-order valence-electron chi connectivity index (χ4n) is 2.38. The van der Waals surface area contributed by atoms with Gasteiger partial charge in [0.1, 0.15) is 0 Å². The van der Waals surface area contributed by atoms with Gasteiger partial charge in [0, 0.05) is 0 Å². The van der Waals surface area contributed by atoms with Crippen molar-refractivity contribution in [1.82, 2.24) is 0 Å². The lowest BCUT2D eigenvalue weighted by molar-refractivity contribution is -0.164. The fraction of sp³-hybridized carbons (Fsp3) is 0.250. The Bertz CT molecular complexity index is 679. The van der Waals surface area contributed by atoms with Crippen LogP contribution in [0.5, 0.6) is 0 Å². The molecule has 0 aromatic heterocycles. The number of carbonyl (C=O) groups is 1. The molecular formula is C20H20F2O2. The molecule has 2 rings (SSSR count). The Labute approximate surface area is 140 Å². The summed E-state index contributed by atoms with van der Waals surface area (Å²) < 4.78 is 32.7. The molecule has 0 aliphatic heterocycles. The largest absolute Gasteiger partial charge is 0.461 e. The van der Waals surface area contributed by atoms with Gasteiger partial charge in [0.05, 0.1) is 6.61 Å². The quantitative estimate of drug-likeness (QED) is 0.675. The molecule has 24 heavy (non-hydrogen) atoms. The van der Waals surface area contributed by atoms with Crippen molar-refractivity contribution in [2.45, 2.75) is 25.7 Å². The molecule has 126 valence electrons. The lowest BCUT2D eigenvalue weighted by Crippen LogP contribution is -2.28. The van der Waals surface area contributed by atoms with Crippen molar-refractivity contribution < 1.29 is 18.3 Å². The second-order valence-corrected chi connectivity index (χ2v) is 5.36. The number of ether oxygens (including phenoxy) is 1. The number of aryl methyl sites for hydroxylation is 1. The molecule has 2 aromatic rings. The third kappa shape index (κ3) is 5.01. The van der Waals surface area contributed by atoms with Crippen LogP contribution in [0.25, 0.3) is 5.57 Å². The van der Waals surface area contributed by atoms with Crippen molar-refractivity contribution in [2.24, 2.45) is 0 Å². The first kappa shape index (κ1) is 17.9. The Morgan fingerprint density at radius 3 is 2.21 bits per heavy atom. The van der Waals surface area contributed by atoms with Gasteiger partial charge in [0.25, 0.3) is 0 Å². The molecule has 0 atom stereocenters. The summed E-state index contributed by atoms with van der Waals surface area (Å²) in [5, 5.41) is 0. The van der Waals surface area contributed by atoms with Gasteiger partial charge in [-0.3, -0.25) is 0 Å². The minimum atomic E-state index is -3.64. The van der Waals surface area contributed by atoms with Crippen LogP contribution in [0, 0.1) is 0 Å². The molecule has 0 aliphatic rings. The minimum Gasteiger partial charge on any atom is -0.461 e. The summed E-state index contributed by atoms with van der Waals surface area (Å²) in [7, 11) is 0. The number of halogens is 2. The van der Waals surface area contributed by atoms with E-state index in [-0.39, 0.29) is 6.61 Å². The molecule has 2 nitrogen and oxygen atoms in total. The van der Waals surface area contributed by atoms with Crippen LogP contribution in [0.1, 0.15) is 24.5 Å². The Balaban J connectivity index is 2.26. The van der Waals surface area contributed by atoms with E-state index in [1.54, 1.807) is 24.3 Å². The molecule has 4 heteroatoms. The van der Waals surface area contributed by atoms with Crippen LogP contribution in [0.15, 0.2) is 66.7 Å². The standard InChI is InChI=1S/C20H20F2O2/c1-2-24-19(23)20(21,22)15-18(17-11-7-4-8-12-17)14-13-16-9-5-3-6-10-16/h3-12,15H,2,13-14H2,1H3/b18-15+. The van der Waals surface area contributed by atoms with Gasteiger partial charge in [-0.05, 0) is 42.5 Å². The van der Waals surface area contributed by atoms with E-state index in [0.717, 1.165) is 11.6 Å². The van der Waals surface area contributed by atoms with Crippen LogP contribution in [0.3, 0.4) is 0 Å². The average Bonchev–Trinajstić information content (AvgIpc) is 2.60. The first-order valence-corrected chi connectivity index (χ1v) is 7.89. The van der Waals surface area contributed by atoms with Crippen molar-refractivity contribution in [3.05, 3.63) is 77.9 Å². The Hall–Kier alpha value is -2.49. The zero-order valence-corrected chi connectivity index (χ0v) is 13.5. The van der Waals surface area contributed by atoms with Crippen LogP contribution in [0.2, 0.25) is 0 Å². The number of hydrogen-bond donors (Lipinski definition) is 0. The van der Waals surface area contributed by atoms with Gasteiger partial charge in [-0.25, -0.2) is 4.79 Å². The predicted molar refractivity (Wildman–Crippen MR) is 90.8 cm³/mol. The maximum absolute atomic E-state index is 14.1. The molecule has 0 saturated carbocycles. The molecule has 2 aromatic carbocycles. The zero-order chi connectivity index (χ0) is 17.4. The third-order valence-electron chi connectivity index (χ3n) is 3.57. The Morgan fingerprint density at radius 1 is 1.04 bits per heavy atom. The molecule has 0 unspecified atom stereocenters. The lowest BCUT2D eigenvalue weighted by atomic mass is 9.96. The topological polar surface area (TPSA) is 26.3 Å². The summed E-state index contributed by atoms with van der Waals surface area (Å²) >= 11 is 0. The highest BCUT2D eigenvalue weighted by Crippen LogP contribution is 2.27. The molecule has 0 spiro atoms. The summed E-state index contributed by atoms with van der Waals surface area (Å²) in [6, 6.07) is 18.5. The molecule has 0 saturated heterocycles. The van der Waals surface area contributed by atoms with E-state index in [1.165, 1.54) is 6.92 Å². The van der Waals surface area contributed by atoms with Crippen LogP contribution < -0.4 is 0 Å².